The topological polar surface area (TPSA) is 87.1 Å². The van der Waals surface area contributed by atoms with Crippen molar-refractivity contribution in [2.75, 3.05) is 0 Å². The van der Waals surface area contributed by atoms with Gasteiger partial charge in [0.05, 0.1) is 5.75 Å². The molecule has 0 aliphatic rings. The molecule has 160 valence electrons. The van der Waals surface area contributed by atoms with Gasteiger partial charge in [-0.2, -0.15) is 4.98 Å². The molecule has 7 nitrogen and oxygen atoms in total. The summed E-state index contributed by atoms with van der Waals surface area (Å²) >= 11 is 1.29. The second kappa shape index (κ2) is 9.30. The van der Waals surface area contributed by atoms with Gasteiger partial charge in [-0.1, -0.05) is 55.0 Å². The summed E-state index contributed by atoms with van der Waals surface area (Å²) in [5.41, 5.74) is 2.16. The highest BCUT2D eigenvalue weighted by atomic mass is 32.2. The quantitative estimate of drug-likeness (QED) is 0.317. The first-order valence-corrected chi connectivity index (χ1v) is 10.8. The second-order valence-corrected chi connectivity index (χ2v) is 8.12. The first kappa shape index (κ1) is 21.0. The van der Waals surface area contributed by atoms with Crippen molar-refractivity contribution in [3.8, 4) is 17.1 Å². The molecule has 0 fully saturated rings. The van der Waals surface area contributed by atoms with Crippen LogP contribution in [0, 0.1) is 5.82 Å². The fourth-order valence-electron chi connectivity index (χ4n) is 2.78. The fraction of sp³-hybridized carbons (Fsp3) is 0.273. The SMILES string of the molecule is CC(C)c1ccc(-c2noc(CSc3nnc(C(C)Oc4ccc(F)cc4)o3)n2)cc1. The van der Waals surface area contributed by atoms with Crippen LogP contribution >= 0.6 is 11.8 Å². The lowest BCUT2D eigenvalue weighted by molar-refractivity contribution is 0.181. The van der Waals surface area contributed by atoms with E-state index in [9.17, 15) is 4.39 Å². The summed E-state index contributed by atoms with van der Waals surface area (Å²) in [5, 5.41) is 12.4. The van der Waals surface area contributed by atoms with E-state index < -0.39 is 6.10 Å². The first-order valence-electron chi connectivity index (χ1n) is 9.79. The van der Waals surface area contributed by atoms with E-state index in [2.05, 4.69) is 46.3 Å². The summed E-state index contributed by atoms with van der Waals surface area (Å²) in [7, 11) is 0. The van der Waals surface area contributed by atoms with Crippen molar-refractivity contribution in [1.82, 2.24) is 20.3 Å². The maximum Gasteiger partial charge on any atom is 0.277 e. The molecule has 0 N–H and O–H groups in total. The highest BCUT2D eigenvalue weighted by molar-refractivity contribution is 7.98. The standard InChI is InChI=1S/C22H21FN4O3S/c1-13(2)15-4-6-16(7-5-15)20-24-19(30-27-20)12-31-22-26-25-21(29-22)14(3)28-18-10-8-17(23)9-11-18/h4-11,13-14H,12H2,1-3H3. The van der Waals surface area contributed by atoms with Gasteiger partial charge in [-0.05, 0) is 42.7 Å². The van der Waals surface area contributed by atoms with Crippen LogP contribution in [-0.4, -0.2) is 20.3 Å². The largest absolute Gasteiger partial charge is 0.481 e. The molecule has 0 spiro atoms. The van der Waals surface area contributed by atoms with Gasteiger partial charge < -0.3 is 13.7 Å². The van der Waals surface area contributed by atoms with Gasteiger partial charge in [0.1, 0.15) is 11.6 Å². The van der Waals surface area contributed by atoms with Crippen molar-refractivity contribution < 1.29 is 18.1 Å². The number of thioether (sulfide) groups is 1. The Morgan fingerprint density at radius 2 is 1.74 bits per heavy atom. The predicted molar refractivity (Wildman–Crippen MR) is 113 cm³/mol. The van der Waals surface area contributed by atoms with E-state index >= 15 is 0 Å². The lowest BCUT2D eigenvalue weighted by atomic mass is 10.0. The number of hydrogen-bond acceptors (Lipinski definition) is 8. The zero-order chi connectivity index (χ0) is 21.8. The number of hydrogen-bond donors (Lipinski definition) is 0. The van der Waals surface area contributed by atoms with E-state index in [1.54, 1.807) is 19.1 Å². The Labute approximate surface area is 183 Å². The van der Waals surface area contributed by atoms with Crippen molar-refractivity contribution in [3.05, 3.63) is 71.7 Å². The molecule has 4 aromatic rings. The maximum absolute atomic E-state index is 13.0. The van der Waals surface area contributed by atoms with Gasteiger partial charge in [-0.25, -0.2) is 4.39 Å². The van der Waals surface area contributed by atoms with E-state index in [4.69, 9.17) is 13.7 Å². The zero-order valence-corrected chi connectivity index (χ0v) is 18.1. The fourth-order valence-corrected chi connectivity index (χ4v) is 3.39. The van der Waals surface area contributed by atoms with Crippen molar-refractivity contribution in [2.45, 2.75) is 43.8 Å². The average Bonchev–Trinajstić information content (AvgIpc) is 3.44. The smallest absolute Gasteiger partial charge is 0.277 e. The normalized spacial score (nSPS) is 12.3. The molecule has 0 amide bonds. The van der Waals surface area contributed by atoms with Crippen LogP contribution in [0.15, 0.2) is 62.7 Å². The summed E-state index contributed by atoms with van der Waals surface area (Å²) in [6.07, 6.45) is -0.476. The van der Waals surface area contributed by atoms with Crippen LogP contribution in [0.2, 0.25) is 0 Å². The van der Waals surface area contributed by atoms with Gasteiger partial charge in [0.15, 0.2) is 6.10 Å². The van der Waals surface area contributed by atoms with Gasteiger partial charge in [-0.3, -0.25) is 0 Å². The predicted octanol–water partition coefficient (Wildman–Crippen LogP) is 5.81. The van der Waals surface area contributed by atoms with E-state index in [-0.39, 0.29) is 5.82 Å². The van der Waals surface area contributed by atoms with E-state index in [0.29, 0.717) is 40.2 Å². The monoisotopic (exact) mass is 440 g/mol. The van der Waals surface area contributed by atoms with Crippen molar-refractivity contribution in [2.24, 2.45) is 0 Å². The molecule has 2 aromatic carbocycles. The Morgan fingerprint density at radius 1 is 1.00 bits per heavy atom. The number of aromatic nitrogens is 4. The van der Waals surface area contributed by atoms with Crippen molar-refractivity contribution in [3.63, 3.8) is 0 Å². The molecule has 1 unspecified atom stereocenters. The van der Waals surface area contributed by atoms with Gasteiger partial charge in [0.2, 0.25) is 11.7 Å². The molecule has 0 saturated carbocycles. The third-order valence-electron chi connectivity index (χ3n) is 4.52. The lowest BCUT2D eigenvalue weighted by Crippen LogP contribution is -2.03. The first-order chi connectivity index (χ1) is 15.0. The van der Waals surface area contributed by atoms with Crippen LogP contribution in [0.4, 0.5) is 4.39 Å². The number of benzene rings is 2. The van der Waals surface area contributed by atoms with Gasteiger partial charge >= 0.3 is 0 Å². The molecule has 0 aliphatic carbocycles. The summed E-state index contributed by atoms with van der Waals surface area (Å²) in [6.45, 7) is 6.08. The van der Waals surface area contributed by atoms with Gasteiger partial charge in [-0.15, -0.1) is 10.2 Å². The molecule has 9 heteroatoms. The van der Waals surface area contributed by atoms with Crippen LogP contribution < -0.4 is 4.74 Å². The second-order valence-electron chi connectivity index (χ2n) is 7.20. The highest BCUT2D eigenvalue weighted by Gasteiger charge is 2.17. The van der Waals surface area contributed by atoms with Crippen LogP contribution in [0.25, 0.3) is 11.4 Å². The number of rotatable bonds is 8. The Balaban J connectivity index is 1.34. The molecule has 2 aromatic heterocycles. The number of ether oxygens (including phenoxy) is 1. The Morgan fingerprint density at radius 3 is 2.45 bits per heavy atom. The number of nitrogens with zero attached hydrogens (tertiary/aromatic N) is 4. The van der Waals surface area contributed by atoms with Gasteiger partial charge in [0.25, 0.3) is 11.1 Å². The molecule has 0 bridgehead atoms. The van der Waals surface area contributed by atoms with Crippen molar-refractivity contribution in [1.29, 1.82) is 0 Å². The molecule has 0 aliphatic heterocycles. The van der Waals surface area contributed by atoms with Crippen LogP contribution in [0.3, 0.4) is 0 Å². The summed E-state index contributed by atoms with van der Waals surface area (Å²) < 4.78 is 29.7. The summed E-state index contributed by atoms with van der Waals surface area (Å²) in [6, 6.07) is 13.9. The summed E-state index contributed by atoms with van der Waals surface area (Å²) in [5.74, 6) is 2.38. The molecule has 2 heterocycles. The lowest BCUT2D eigenvalue weighted by Gasteiger charge is -2.10. The average molecular weight is 441 g/mol. The van der Waals surface area contributed by atoms with Crippen LogP contribution in [0.5, 0.6) is 5.75 Å². The molecular formula is C22H21FN4O3S. The third kappa shape index (κ3) is 5.29. The van der Waals surface area contributed by atoms with Gasteiger partial charge in [0, 0.05) is 5.56 Å². The minimum absolute atomic E-state index is 0.322. The Kier molecular flexibility index (Phi) is 6.31. The minimum atomic E-state index is -0.476. The summed E-state index contributed by atoms with van der Waals surface area (Å²) in [4.78, 5) is 4.43. The molecule has 1 atom stereocenters. The highest BCUT2D eigenvalue weighted by Crippen LogP contribution is 2.27. The minimum Gasteiger partial charge on any atom is -0.481 e. The maximum atomic E-state index is 13.0. The van der Waals surface area contributed by atoms with Crippen LogP contribution in [-0.2, 0) is 5.75 Å². The number of halogens is 1. The van der Waals surface area contributed by atoms with Crippen LogP contribution in [0.1, 0.15) is 50.1 Å². The van der Waals surface area contributed by atoms with E-state index in [1.807, 2.05) is 12.1 Å². The molecule has 0 saturated heterocycles. The Hall–Kier alpha value is -3.20. The third-order valence-corrected chi connectivity index (χ3v) is 5.32. The zero-order valence-electron chi connectivity index (χ0n) is 17.3. The molecule has 31 heavy (non-hydrogen) atoms. The molecular weight excluding hydrogens is 419 g/mol. The van der Waals surface area contributed by atoms with E-state index in [1.165, 1.54) is 29.5 Å². The Bertz CT molecular complexity index is 1130. The molecule has 4 rings (SSSR count). The molecule has 0 radical (unpaired) electrons. The van der Waals surface area contributed by atoms with Crippen molar-refractivity contribution >= 4 is 11.8 Å². The van der Waals surface area contributed by atoms with E-state index in [0.717, 1.165) is 5.56 Å².